The van der Waals surface area contributed by atoms with Crippen LogP contribution >= 0.6 is 0 Å². The fourth-order valence-corrected chi connectivity index (χ4v) is 2.90. The second kappa shape index (κ2) is 7.34. The second-order valence-electron chi connectivity index (χ2n) is 6.35. The van der Waals surface area contributed by atoms with Gasteiger partial charge in [0.1, 0.15) is 5.82 Å². The molecule has 1 fully saturated rings. The highest BCUT2D eigenvalue weighted by atomic mass is 16.1. The van der Waals surface area contributed by atoms with E-state index in [1.54, 1.807) is 6.20 Å². The summed E-state index contributed by atoms with van der Waals surface area (Å²) >= 11 is 0. The Hall–Kier alpha value is -2.56. The Bertz CT molecular complexity index is 691. The van der Waals surface area contributed by atoms with Crippen molar-refractivity contribution in [2.75, 3.05) is 42.3 Å². The number of amides is 1. The van der Waals surface area contributed by atoms with Gasteiger partial charge < -0.3 is 15.1 Å². The summed E-state index contributed by atoms with van der Waals surface area (Å²) in [7, 11) is 3.95. The van der Waals surface area contributed by atoms with Crippen molar-refractivity contribution in [1.82, 2.24) is 4.98 Å². The van der Waals surface area contributed by atoms with E-state index in [0.717, 1.165) is 30.3 Å². The maximum atomic E-state index is 12.4. The van der Waals surface area contributed by atoms with E-state index in [4.69, 9.17) is 0 Å². The zero-order chi connectivity index (χ0) is 16.9. The molecule has 0 spiro atoms. The minimum absolute atomic E-state index is 0.136. The van der Waals surface area contributed by atoms with E-state index in [1.807, 2.05) is 55.4 Å². The van der Waals surface area contributed by atoms with E-state index < -0.39 is 0 Å². The van der Waals surface area contributed by atoms with Gasteiger partial charge in [0.15, 0.2) is 0 Å². The lowest BCUT2D eigenvalue weighted by Crippen LogP contribution is -2.30. The Kier molecular flexibility index (Phi) is 4.99. The fourth-order valence-electron chi connectivity index (χ4n) is 2.90. The number of aromatic nitrogens is 1. The molecule has 1 saturated heterocycles. The lowest BCUT2D eigenvalue weighted by molar-refractivity contribution is 0.102. The normalized spacial score (nSPS) is 14.3. The number of pyridine rings is 1. The van der Waals surface area contributed by atoms with Gasteiger partial charge in [-0.1, -0.05) is 6.07 Å². The van der Waals surface area contributed by atoms with E-state index in [2.05, 4.69) is 15.2 Å². The smallest absolute Gasteiger partial charge is 0.257 e. The predicted molar refractivity (Wildman–Crippen MR) is 99.0 cm³/mol. The molecule has 0 bridgehead atoms. The lowest BCUT2D eigenvalue weighted by Gasteiger charge is -2.27. The van der Waals surface area contributed by atoms with Crippen LogP contribution in [-0.4, -0.2) is 38.1 Å². The monoisotopic (exact) mass is 324 g/mol. The first kappa shape index (κ1) is 16.3. The first-order valence-corrected chi connectivity index (χ1v) is 8.43. The van der Waals surface area contributed by atoms with Gasteiger partial charge in [0.25, 0.3) is 5.91 Å². The number of hydrogen-bond acceptors (Lipinski definition) is 4. The van der Waals surface area contributed by atoms with Crippen molar-refractivity contribution in [3.8, 4) is 0 Å². The maximum absolute atomic E-state index is 12.4. The summed E-state index contributed by atoms with van der Waals surface area (Å²) in [6.45, 7) is 2.10. The molecule has 1 aromatic heterocycles. The van der Waals surface area contributed by atoms with Gasteiger partial charge in [0.05, 0.1) is 5.56 Å². The largest absolute Gasteiger partial charge is 0.378 e. The summed E-state index contributed by atoms with van der Waals surface area (Å²) in [5.41, 5.74) is 2.41. The number of hydrogen-bond donors (Lipinski definition) is 1. The van der Waals surface area contributed by atoms with Crippen LogP contribution in [0.2, 0.25) is 0 Å². The van der Waals surface area contributed by atoms with Gasteiger partial charge in [-0.3, -0.25) is 4.79 Å². The average molecular weight is 324 g/mol. The van der Waals surface area contributed by atoms with Crippen LogP contribution < -0.4 is 15.1 Å². The van der Waals surface area contributed by atoms with Gasteiger partial charge >= 0.3 is 0 Å². The first-order chi connectivity index (χ1) is 11.6. The molecule has 24 heavy (non-hydrogen) atoms. The molecule has 1 aromatic carbocycles. The molecule has 126 valence electrons. The lowest BCUT2D eigenvalue weighted by atomic mass is 10.1. The van der Waals surface area contributed by atoms with Gasteiger partial charge in [0.2, 0.25) is 0 Å². The quantitative estimate of drug-likeness (QED) is 0.936. The van der Waals surface area contributed by atoms with Crippen molar-refractivity contribution in [3.05, 3.63) is 48.2 Å². The highest BCUT2D eigenvalue weighted by Crippen LogP contribution is 2.20. The summed E-state index contributed by atoms with van der Waals surface area (Å²) in [5.74, 6) is 0.824. The minimum atomic E-state index is -0.136. The predicted octanol–water partition coefficient (Wildman–Crippen LogP) is 3.39. The summed E-state index contributed by atoms with van der Waals surface area (Å²) in [6, 6.07) is 11.6. The molecule has 3 rings (SSSR count). The maximum Gasteiger partial charge on any atom is 0.257 e. The van der Waals surface area contributed by atoms with Gasteiger partial charge in [0, 0.05) is 44.8 Å². The zero-order valence-electron chi connectivity index (χ0n) is 14.3. The van der Waals surface area contributed by atoms with E-state index in [-0.39, 0.29) is 5.91 Å². The molecule has 0 unspecified atom stereocenters. The first-order valence-electron chi connectivity index (χ1n) is 8.43. The van der Waals surface area contributed by atoms with E-state index in [1.165, 1.54) is 19.3 Å². The van der Waals surface area contributed by atoms with Crippen LogP contribution in [0.1, 0.15) is 29.6 Å². The third kappa shape index (κ3) is 3.85. The zero-order valence-corrected chi connectivity index (χ0v) is 14.3. The molecule has 2 heterocycles. The Morgan fingerprint density at radius 1 is 1.12 bits per heavy atom. The molecule has 0 atom stereocenters. The third-order valence-electron chi connectivity index (χ3n) is 4.31. The summed E-state index contributed by atoms with van der Waals surface area (Å²) in [5, 5.41) is 2.93. The van der Waals surface area contributed by atoms with Crippen LogP contribution in [0.4, 0.5) is 17.2 Å². The second-order valence-corrected chi connectivity index (χ2v) is 6.35. The van der Waals surface area contributed by atoms with Crippen LogP contribution in [0.5, 0.6) is 0 Å². The van der Waals surface area contributed by atoms with E-state index >= 15 is 0 Å². The molecule has 0 saturated carbocycles. The molecule has 1 aliphatic heterocycles. The molecule has 0 aliphatic carbocycles. The topological polar surface area (TPSA) is 48.5 Å². The van der Waals surface area contributed by atoms with Gasteiger partial charge in [-0.15, -0.1) is 0 Å². The number of anilines is 3. The van der Waals surface area contributed by atoms with Gasteiger partial charge in [-0.25, -0.2) is 4.98 Å². The molecule has 2 aromatic rings. The van der Waals surface area contributed by atoms with E-state index in [9.17, 15) is 4.79 Å². The molecular weight excluding hydrogens is 300 g/mol. The van der Waals surface area contributed by atoms with Crippen molar-refractivity contribution in [2.24, 2.45) is 0 Å². The van der Waals surface area contributed by atoms with E-state index in [0.29, 0.717) is 5.56 Å². The fraction of sp³-hybridized carbons (Fsp3) is 0.368. The average Bonchev–Trinajstić information content (AvgIpc) is 2.63. The van der Waals surface area contributed by atoms with Crippen LogP contribution in [0.3, 0.4) is 0 Å². The van der Waals surface area contributed by atoms with Crippen LogP contribution in [0, 0.1) is 0 Å². The molecule has 1 N–H and O–H groups in total. The molecule has 1 amide bonds. The highest BCUT2D eigenvalue weighted by molar-refractivity contribution is 6.04. The number of benzene rings is 1. The number of rotatable bonds is 4. The third-order valence-corrected chi connectivity index (χ3v) is 4.31. The molecule has 5 nitrogen and oxygen atoms in total. The van der Waals surface area contributed by atoms with Crippen molar-refractivity contribution in [1.29, 1.82) is 0 Å². The van der Waals surface area contributed by atoms with Gasteiger partial charge in [-0.2, -0.15) is 0 Å². The molecular formula is C19H24N4O. The standard InChI is InChI=1S/C19H24N4O/c1-22(2)17-8-6-7-16(13-17)21-19(24)15-9-10-18(20-14-15)23-11-4-3-5-12-23/h6-10,13-14H,3-5,11-12H2,1-2H3,(H,21,24). The summed E-state index contributed by atoms with van der Waals surface area (Å²) in [6.07, 6.45) is 5.39. The van der Waals surface area contributed by atoms with Crippen LogP contribution in [-0.2, 0) is 0 Å². The number of piperidine rings is 1. The van der Waals surface area contributed by atoms with Gasteiger partial charge in [-0.05, 0) is 49.6 Å². The van der Waals surface area contributed by atoms with Crippen molar-refractivity contribution in [2.45, 2.75) is 19.3 Å². The SMILES string of the molecule is CN(C)c1cccc(NC(=O)c2ccc(N3CCCCC3)nc2)c1. The van der Waals surface area contributed by atoms with Crippen LogP contribution in [0.15, 0.2) is 42.6 Å². The number of nitrogens with zero attached hydrogens (tertiary/aromatic N) is 3. The van der Waals surface area contributed by atoms with Crippen LogP contribution in [0.25, 0.3) is 0 Å². The number of nitrogens with one attached hydrogen (secondary N) is 1. The Balaban J connectivity index is 1.67. The van der Waals surface area contributed by atoms with Crippen molar-refractivity contribution < 1.29 is 4.79 Å². The summed E-state index contributed by atoms with van der Waals surface area (Å²) < 4.78 is 0. The Labute approximate surface area is 143 Å². The Morgan fingerprint density at radius 2 is 1.92 bits per heavy atom. The van der Waals surface area contributed by atoms with Crippen molar-refractivity contribution in [3.63, 3.8) is 0 Å². The molecule has 5 heteroatoms. The molecule has 0 radical (unpaired) electrons. The Morgan fingerprint density at radius 3 is 2.58 bits per heavy atom. The molecule has 1 aliphatic rings. The highest BCUT2D eigenvalue weighted by Gasteiger charge is 2.13. The minimum Gasteiger partial charge on any atom is -0.378 e. The number of carbonyl (C=O) groups is 1. The van der Waals surface area contributed by atoms with Crippen molar-refractivity contribution >= 4 is 23.1 Å². The number of carbonyl (C=O) groups excluding carboxylic acids is 1. The summed E-state index contributed by atoms with van der Waals surface area (Å²) in [4.78, 5) is 21.2.